The van der Waals surface area contributed by atoms with Crippen molar-refractivity contribution in [3.05, 3.63) is 34.4 Å². The molecule has 0 aliphatic carbocycles. The lowest BCUT2D eigenvalue weighted by atomic mass is 9.94. The van der Waals surface area contributed by atoms with Crippen LogP contribution in [0.3, 0.4) is 0 Å². The second-order valence-corrected chi connectivity index (χ2v) is 5.46. The van der Waals surface area contributed by atoms with Crippen molar-refractivity contribution in [1.82, 2.24) is 4.98 Å². The van der Waals surface area contributed by atoms with Crippen molar-refractivity contribution < 1.29 is 4.74 Å². The standard InChI is InChI=1S/C16H19NO/c1-9-7-10(2)15-12(4)13-6-5-11(3)18-16(13)17-14(15)8-9/h7-8,11H,5-6H2,1-4H3. The SMILES string of the molecule is Cc1cc(C)c2c(C)c3c(nc2c1)OC(C)CC3. The number of hydrogen-bond acceptors (Lipinski definition) is 2. The summed E-state index contributed by atoms with van der Waals surface area (Å²) < 4.78 is 5.89. The van der Waals surface area contributed by atoms with Crippen LogP contribution in [0.25, 0.3) is 10.9 Å². The van der Waals surface area contributed by atoms with Crippen LogP contribution in [0, 0.1) is 20.8 Å². The zero-order valence-electron chi connectivity index (χ0n) is 11.5. The van der Waals surface area contributed by atoms with Gasteiger partial charge in [-0.15, -0.1) is 0 Å². The number of aryl methyl sites for hydroxylation is 3. The lowest BCUT2D eigenvalue weighted by Gasteiger charge is -2.25. The smallest absolute Gasteiger partial charge is 0.217 e. The molecule has 1 unspecified atom stereocenters. The van der Waals surface area contributed by atoms with E-state index in [0.717, 1.165) is 24.2 Å². The van der Waals surface area contributed by atoms with Crippen molar-refractivity contribution in [2.45, 2.75) is 46.6 Å². The number of fused-ring (bicyclic) bond motifs is 2. The molecule has 0 amide bonds. The molecule has 1 aromatic carbocycles. The fourth-order valence-electron chi connectivity index (χ4n) is 3.00. The third kappa shape index (κ3) is 1.67. The van der Waals surface area contributed by atoms with Gasteiger partial charge in [-0.2, -0.15) is 0 Å². The van der Waals surface area contributed by atoms with Gasteiger partial charge in [-0.3, -0.25) is 0 Å². The molecule has 2 nitrogen and oxygen atoms in total. The van der Waals surface area contributed by atoms with E-state index in [4.69, 9.17) is 9.72 Å². The van der Waals surface area contributed by atoms with Crippen LogP contribution >= 0.6 is 0 Å². The first-order chi connectivity index (χ1) is 8.56. The van der Waals surface area contributed by atoms with Crippen LogP contribution in [0.15, 0.2) is 12.1 Å². The maximum Gasteiger partial charge on any atom is 0.217 e. The molecule has 2 heterocycles. The van der Waals surface area contributed by atoms with Crippen LogP contribution in [-0.4, -0.2) is 11.1 Å². The summed E-state index contributed by atoms with van der Waals surface area (Å²) in [5, 5.41) is 1.30. The van der Waals surface area contributed by atoms with E-state index >= 15 is 0 Å². The van der Waals surface area contributed by atoms with Crippen LogP contribution in [0.2, 0.25) is 0 Å². The van der Waals surface area contributed by atoms with E-state index in [1.807, 2.05) is 0 Å². The fourth-order valence-corrected chi connectivity index (χ4v) is 3.00. The van der Waals surface area contributed by atoms with E-state index in [1.54, 1.807) is 0 Å². The molecule has 0 N–H and O–H groups in total. The molecule has 0 bridgehead atoms. The molecule has 18 heavy (non-hydrogen) atoms. The molecule has 0 spiro atoms. The van der Waals surface area contributed by atoms with Crippen molar-refractivity contribution >= 4 is 10.9 Å². The summed E-state index contributed by atoms with van der Waals surface area (Å²) in [5.41, 5.74) is 6.29. The molecular formula is C16H19NO. The van der Waals surface area contributed by atoms with Gasteiger partial charge in [0.2, 0.25) is 5.88 Å². The summed E-state index contributed by atoms with van der Waals surface area (Å²) in [6.07, 6.45) is 2.46. The molecule has 0 radical (unpaired) electrons. The Morgan fingerprint density at radius 3 is 2.78 bits per heavy atom. The summed E-state index contributed by atoms with van der Waals surface area (Å²) >= 11 is 0. The average Bonchev–Trinajstić information content (AvgIpc) is 2.27. The van der Waals surface area contributed by atoms with Gasteiger partial charge in [0, 0.05) is 10.9 Å². The molecule has 0 saturated carbocycles. The summed E-state index contributed by atoms with van der Waals surface area (Å²) in [4.78, 5) is 4.73. The van der Waals surface area contributed by atoms with E-state index in [2.05, 4.69) is 39.8 Å². The van der Waals surface area contributed by atoms with Gasteiger partial charge in [0.25, 0.3) is 0 Å². The van der Waals surface area contributed by atoms with Crippen LogP contribution in [0.4, 0.5) is 0 Å². The molecule has 0 saturated heterocycles. The Kier molecular flexibility index (Phi) is 2.54. The highest BCUT2D eigenvalue weighted by atomic mass is 16.5. The molecule has 94 valence electrons. The van der Waals surface area contributed by atoms with Crippen molar-refractivity contribution in [1.29, 1.82) is 0 Å². The van der Waals surface area contributed by atoms with Gasteiger partial charge in [-0.05, 0) is 63.3 Å². The maximum atomic E-state index is 5.89. The quantitative estimate of drug-likeness (QED) is 0.698. The van der Waals surface area contributed by atoms with Gasteiger partial charge in [0.15, 0.2) is 0 Å². The van der Waals surface area contributed by atoms with Gasteiger partial charge >= 0.3 is 0 Å². The van der Waals surface area contributed by atoms with Gasteiger partial charge in [0.1, 0.15) is 0 Å². The maximum absolute atomic E-state index is 5.89. The fraction of sp³-hybridized carbons (Fsp3) is 0.438. The lowest BCUT2D eigenvalue weighted by Crippen LogP contribution is -2.20. The number of rotatable bonds is 0. The molecule has 1 aliphatic rings. The average molecular weight is 241 g/mol. The molecule has 2 heteroatoms. The summed E-state index contributed by atoms with van der Waals surface area (Å²) in [6.45, 7) is 8.60. The normalized spacial score (nSPS) is 18.6. The second kappa shape index (κ2) is 3.98. The van der Waals surface area contributed by atoms with Crippen LogP contribution < -0.4 is 4.74 Å². The minimum Gasteiger partial charge on any atom is -0.474 e. The van der Waals surface area contributed by atoms with Crippen LogP contribution in [0.1, 0.15) is 35.6 Å². The Hall–Kier alpha value is -1.57. The Labute approximate surface area is 108 Å². The Morgan fingerprint density at radius 1 is 1.22 bits per heavy atom. The van der Waals surface area contributed by atoms with Gasteiger partial charge in [-0.1, -0.05) is 6.07 Å². The number of hydrogen-bond donors (Lipinski definition) is 0. The Balaban J connectivity index is 2.34. The predicted molar refractivity (Wildman–Crippen MR) is 74.4 cm³/mol. The van der Waals surface area contributed by atoms with Crippen molar-refractivity contribution in [3.63, 3.8) is 0 Å². The number of ether oxygens (including phenoxy) is 1. The third-order valence-corrected chi connectivity index (χ3v) is 3.88. The molecular weight excluding hydrogens is 222 g/mol. The minimum absolute atomic E-state index is 0.285. The lowest BCUT2D eigenvalue weighted by molar-refractivity contribution is 0.184. The van der Waals surface area contributed by atoms with E-state index in [1.165, 1.54) is 27.6 Å². The molecule has 1 atom stereocenters. The topological polar surface area (TPSA) is 22.1 Å². The summed E-state index contributed by atoms with van der Waals surface area (Å²) in [7, 11) is 0. The van der Waals surface area contributed by atoms with Crippen LogP contribution in [0.5, 0.6) is 5.88 Å². The highest BCUT2D eigenvalue weighted by Crippen LogP contribution is 2.34. The molecule has 0 fully saturated rings. The number of pyridine rings is 1. The number of benzene rings is 1. The minimum atomic E-state index is 0.285. The first-order valence-electron chi connectivity index (χ1n) is 6.63. The van der Waals surface area contributed by atoms with Crippen LogP contribution in [-0.2, 0) is 6.42 Å². The Bertz CT molecular complexity index is 631. The first kappa shape index (κ1) is 11.5. The van der Waals surface area contributed by atoms with Gasteiger partial charge in [0.05, 0.1) is 11.6 Å². The zero-order chi connectivity index (χ0) is 12.9. The first-order valence-corrected chi connectivity index (χ1v) is 6.63. The monoisotopic (exact) mass is 241 g/mol. The predicted octanol–water partition coefficient (Wildman–Crippen LogP) is 3.87. The largest absolute Gasteiger partial charge is 0.474 e. The summed E-state index contributed by atoms with van der Waals surface area (Å²) in [6, 6.07) is 4.38. The highest BCUT2D eigenvalue weighted by molar-refractivity contribution is 5.88. The third-order valence-electron chi connectivity index (χ3n) is 3.88. The molecule has 1 aromatic heterocycles. The summed E-state index contributed by atoms with van der Waals surface area (Å²) in [5.74, 6) is 0.851. The van der Waals surface area contributed by atoms with Crippen molar-refractivity contribution in [2.24, 2.45) is 0 Å². The molecule has 1 aliphatic heterocycles. The van der Waals surface area contributed by atoms with E-state index < -0.39 is 0 Å². The highest BCUT2D eigenvalue weighted by Gasteiger charge is 2.21. The van der Waals surface area contributed by atoms with E-state index in [0.29, 0.717) is 0 Å². The number of aromatic nitrogens is 1. The van der Waals surface area contributed by atoms with Gasteiger partial charge < -0.3 is 4.74 Å². The molecule has 2 aromatic rings. The zero-order valence-corrected chi connectivity index (χ0v) is 11.5. The van der Waals surface area contributed by atoms with E-state index in [-0.39, 0.29) is 6.10 Å². The van der Waals surface area contributed by atoms with E-state index in [9.17, 15) is 0 Å². The van der Waals surface area contributed by atoms with Gasteiger partial charge in [-0.25, -0.2) is 4.98 Å². The Morgan fingerprint density at radius 2 is 2.00 bits per heavy atom. The number of nitrogens with zero attached hydrogens (tertiary/aromatic N) is 1. The molecule has 3 rings (SSSR count). The second-order valence-electron chi connectivity index (χ2n) is 5.46. The van der Waals surface area contributed by atoms with Crippen molar-refractivity contribution in [3.8, 4) is 5.88 Å². The van der Waals surface area contributed by atoms with Crippen molar-refractivity contribution in [2.75, 3.05) is 0 Å².